The van der Waals surface area contributed by atoms with E-state index >= 15 is 0 Å². The molecule has 29 heavy (non-hydrogen) atoms. The smallest absolute Gasteiger partial charge is 0.271 e. The number of hydrazone groups is 1. The molecule has 4 rings (SSSR count). The van der Waals surface area contributed by atoms with Crippen LogP contribution in [-0.2, 0) is 0 Å². The number of para-hydroxylation sites is 1. The van der Waals surface area contributed by atoms with Gasteiger partial charge in [-0.1, -0.05) is 24.3 Å². The van der Waals surface area contributed by atoms with Gasteiger partial charge >= 0.3 is 0 Å². The number of phenols is 1. The van der Waals surface area contributed by atoms with Crippen LogP contribution < -0.4 is 10.2 Å². The minimum Gasteiger partial charge on any atom is -0.504 e. The van der Waals surface area contributed by atoms with Crippen molar-refractivity contribution in [3.05, 3.63) is 77.9 Å². The highest BCUT2D eigenvalue weighted by molar-refractivity contribution is 7.21. The third kappa shape index (κ3) is 4.09. The number of aromatic hydroxyl groups is 1. The third-order valence-corrected chi connectivity index (χ3v) is 5.36. The lowest BCUT2D eigenvalue weighted by atomic mass is 10.1. The van der Waals surface area contributed by atoms with Crippen molar-refractivity contribution in [1.82, 2.24) is 10.4 Å². The summed E-state index contributed by atoms with van der Waals surface area (Å²) in [5.74, 6) is 0.0578. The SMILES string of the molecule is COc1ccc(/C=N/NC(=O)c2ccc(-c3nc4ccccc4s3)cc2)cc1O. The molecule has 0 aliphatic heterocycles. The first-order valence-electron chi connectivity index (χ1n) is 8.80. The summed E-state index contributed by atoms with van der Waals surface area (Å²) >= 11 is 1.62. The van der Waals surface area contributed by atoms with Gasteiger partial charge in [-0.2, -0.15) is 5.10 Å². The van der Waals surface area contributed by atoms with Crippen LogP contribution in [0.15, 0.2) is 71.8 Å². The van der Waals surface area contributed by atoms with Gasteiger partial charge < -0.3 is 9.84 Å². The summed E-state index contributed by atoms with van der Waals surface area (Å²) in [7, 11) is 1.48. The minimum absolute atomic E-state index is 0.00760. The Labute approximate surface area is 171 Å². The molecule has 1 amide bonds. The molecular weight excluding hydrogens is 386 g/mol. The zero-order valence-electron chi connectivity index (χ0n) is 15.5. The zero-order chi connectivity index (χ0) is 20.2. The number of carbonyl (C=O) groups excluding carboxylic acids is 1. The van der Waals surface area contributed by atoms with Crippen molar-refractivity contribution < 1.29 is 14.6 Å². The number of phenolic OH excluding ortho intramolecular Hbond substituents is 1. The first-order chi connectivity index (χ1) is 14.1. The summed E-state index contributed by atoms with van der Waals surface area (Å²) in [6, 6.07) is 20.1. The third-order valence-electron chi connectivity index (χ3n) is 4.27. The molecule has 144 valence electrons. The van der Waals surface area contributed by atoms with Crippen molar-refractivity contribution in [3.8, 4) is 22.1 Å². The monoisotopic (exact) mass is 403 g/mol. The predicted molar refractivity (Wildman–Crippen MR) is 115 cm³/mol. The van der Waals surface area contributed by atoms with Gasteiger partial charge in [0.05, 0.1) is 23.5 Å². The maximum atomic E-state index is 12.3. The molecule has 0 bridgehead atoms. The van der Waals surface area contributed by atoms with Gasteiger partial charge in [0.2, 0.25) is 0 Å². The number of aromatic nitrogens is 1. The van der Waals surface area contributed by atoms with E-state index in [4.69, 9.17) is 4.74 Å². The number of hydrogen-bond acceptors (Lipinski definition) is 6. The van der Waals surface area contributed by atoms with Crippen LogP contribution in [0.1, 0.15) is 15.9 Å². The second kappa shape index (κ2) is 8.12. The van der Waals surface area contributed by atoms with Gasteiger partial charge in [0, 0.05) is 11.1 Å². The molecule has 4 aromatic rings. The standard InChI is InChI=1S/C22H17N3O3S/c1-28-19-11-6-14(12-18(19)26)13-23-25-21(27)15-7-9-16(10-8-15)22-24-17-4-2-3-5-20(17)29-22/h2-13,26H,1H3,(H,25,27)/b23-13+. The molecule has 0 fully saturated rings. The topological polar surface area (TPSA) is 83.8 Å². The van der Waals surface area contributed by atoms with Crippen LogP contribution in [0.25, 0.3) is 20.8 Å². The first kappa shape index (κ1) is 18.6. The fraction of sp³-hybridized carbons (Fsp3) is 0.0455. The Balaban J connectivity index is 1.43. The van der Waals surface area contributed by atoms with Crippen molar-refractivity contribution in [2.45, 2.75) is 0 Å². The molecule has 1 aromatic heterocycles. The van der Waals surface area contributed by atoms with Crippen LogP contribution in [0.3, 0.4) is 0 Å². The Morgan fingerprint density at radius 3 is 2.66 bits per heavy atom. The van der Waals surface area contributed by atoms with Crippen LogP contribution in [0, 0.1) is 0 Å². The molecule has 0 unspecified atom stereocenters. The van der Waals surface area contributed by atoms with Gasteiger partial charge in [0.15, 0.2) is 11.5 Å². The molecule has 0 atom stereocenters. The summed E-state index contributed by atoms with van der Waals surface area (Å²) in [5.41, 5.74) is 5.53. The molecular formula is C22H17N3O3S. The number of nitrogens with zero attached hydrogens (tertiary/aromatic N) is 2. The number of amides is 1. The number of rotatable bonds is 5. The Hall–Kier alpha value is -3.71. The average molecular weight is 403 g/mol. The quantitative estimate of drug-likeness (QED) is 0.381. The van der Waals surface area contributed by atoms with Gasteiger partial charge in [0.1, 0.15) is 5.01 Å². The normalized spacial score (nSPS) is 11.1. The van der Waals surface area contributed by atoms with E-state index in [2.05, 4.69) is 15.5 Å². The van der Waals surface area contributed by atoms with E-state index in [1.165, 1.54) is 19.4 Å². The first-order valence-corrected chi connectivity index (χ1v) is 9.62. The van der Waals surface area contributed by atoms with Crippen molar-refractivity contribution >= 4 is 33.7 Å². The highest BCUT2D eigenvalue weighted by Crippen LogP contribution is 2.30. The lowest BCUT2D eigenvalue weighted by molar-refractivity contribution is 0.0955. The van der Waals surface area contributed by atoms with Gasteiger partial charge in [-0.25, -0.2) is 10.4 Å². The molecule has 6 nitrogen and oxygen atoms in total. The van der Waals surface area contributed by atoms with Crippen molar-refractivity contribution in [1.29, 1.82) is 0 Å². The maximum Gasteiger partial charge on any atom is 0.271 e. The van der Waals surface area contributed by atoms with Gasteiger partial charge in [0.25, 0.3) is 5.91 Å². The Kier molecular flexibility index (Phi) is 5.22. The highest BCUT2D eigenvalue weighted by atomic mass is 32.1. The molecule has 0 radical (unpaired) electrons. The van der Waals surface area contributed by atoms with E-state index in [0.29, 0.717) is 16.9 Å². The van der Waals surface area contributed by atoms with Crippen LogP contribution in [0.4, 0.5) is 0 Å². The molecule has 1 heterocycles. The largest absolute Gasteiger partial charge is 0.504 e. The molecule has 0 aliphatic rings. The zero-order valence-corrected chi connectivity index (χ0v) is 16.3. The number of hydrogen-bond donors (Lipinski definition) is 2. The Bertz CT molecular complexity index is 1170. The van der Waals surface area contributed by atoms with E-state index < -0.39 is 0 Å². The number of methoxy groups -OCH3 is 1. The van der Waals surface area contributed by atoms with Crippen LogP contribution in [0.2, 0.25) is 0 Å². The number of carbonyl (C=O) groups is 1. The summed E-state index contributed by atoms with van der Waals surface area (Å²) in [6.45, 7) is 0. The summed E-state index contributed by atoms with van der Waals surface area (Å²) < 4.78 is 6.12. The molecule has 0 saturated carbocycles. The van der Waals surface area contributed by atoms with Crippen molar-refractivity contribution in [2.75, 3.05) is 7.11 Å². The number of fused-ring (bicyclic) bond motifs is 1. The van der Waals surface area contributed by atoms with Gasteiger partial charge in [-0.3, -0.25) is 4.79 Å². The second-order valence-electron chi connectivity index (χ2n) is 6.19. The lowest BCUT2D eigenvalue weighted by Gasteiger charge is -2.03. The molecule has 2 N–H and O–H groups in total. The van der Waals surface area contributed by atoms with Crippen molar-refractivity contribution in [2.24, 2.45) is 5.10 Å². The van der Waals surface area contributed by atoms with E-state index in [1.54, 1.807) is 35.6 Å². The maximum absolute atomic E-state index is 12.3. The van der Waals surface area contributed by atoms with Crippen LogP contribution in [0.5, 0.6) is 11.5 Å². The lowest BCUT2D eigenvalue weighted by Crippen LogP contribution is -2.17. The van der Waals surface area contributed by atoms with E-state index in [-0.39, 0.29) is 11.7 Å². The minimum atomic E-state index is -0.324. The summed E-state index contributed by atoms with van der Waals surface area (Å²) in [6.07, 6.45) is 1.45. The Morgan fingerprint density at radius 2 is 1.93 bits per heavy atom. The molecule has 0 spiro atoms. The molecule has 0 saturated heterocycles. The van der Waals surface area contributed by atoms with Crippen molar-refractivity contribution in [3.63, 3.8) is 0 Å². The van der Waals surface area contributed by atoms with E-state index in [1.807, 2.05) is 36.4 Å². The molecule has 3 aromatic carbocycles. The second-order valence-corrected chi connectivity index (χ2v) is 7.23. The number of ether oxygens (including phenoxy) is 1. The fourth-order valence-corrected chi connectivity index (χ4v) is 3.75. The van der Waals surface area contributed by atoms with E-state index in [0.717, 1.165) is 20.8 Å². The Morgan fingerprint density at radius 1 is 1.14 bits per heavy atom. The summed E-state index contributed by atoms with van der Waals surface area (Å²) in [4.78, 5) is 16.9. The predicted octanol–water partition coefficient (Wildman–Crippen LogP) is 4.44. The highest BCUT2D eigenvalue weighted by Gasteiger charge is 2.08. The molecule has 0 aliphatic carbocycles. The van der Waals surface area contributed by atoms with Gasteiger partial charge in [-0.05, 0) is 48.0 Å². The molecule has 7 heteroatoms. The van der Waals surface area contributed by atoms with E-state index in [9.17, 15) is 9.90 Å². The van der Waals surface area contributed by atoms with Gasteiger partial charge in [-0.15, -0.1) is 11.3 Å². The summed E-state index contributed by atoms with van der Waals surface area (Å²) in [5, 5.41) is 14.6. The van der Waals surface area contributed by atoms with Crippen LogP contribution >= 0.6 is 11.3 Å². The fourth-order valence-electron chi connectivity index (χ4n) is 2.78. The number of benzene rings is 3. The average Bonchev–Trinajstić information content (AvgIpc) is 3.18. The van der Waals surface area contributed by atoms with Crippen LogP contribution in [-0.4, -0.2) is 29.3 Å². The number of thiazole rings is 1. The number of nitrogens with one attached hydrogen (secondary N) is 1.